The molecule has 1 N–H and O–H groups in total. The molecule has 0 saturated heterocycles. The van der Waals surface area contributed by atoms with Gasteiger partial charge in [0.05, 0.1) is 6.10 Å². The molecule has 0 amide bonds. The minimum absolute atomic E-state index is 0.410. The van der Waals surface area contributed by atoms with E-state index >= 15 is 0 Å². The number of aliphatic hydroxyl groups is 1. The minimum atomic E-state index is -1.31. The predicted molar refractivity (Wildman–Crippen MR) is 57.9 cm³/mol. The van der Waals surface area contributed by atoms with Crippen LogP contribution in [0.15, 0.2) is 0 Å². The van der Waals surface area contributed by atoms with E-state index in [-0.39, 0.29) is 0 Å². The zero-order valence-corrected chi connectivity index (χ0v) is 10.0. The third-order valence-corrected chi connectivity index (χ3v) is 1.91. The molecule has 0 aliphatic heterocycles. The smallest absolute Gasteiger partial charge is 0.176 e. The summed E-state index contributed by atoms with van der Waals surface area (Å²) >= 11 is 0. The molecule has 0 aromatic heterocycles. The van der Waals surface area contributed by atoms with Crippen LogP contribution in [-0.4, -0.2) is 23.4 Å². The first-order valence-electron chi connectivity index (χ1n) is 5.36. The Balaban J connectivity index is 0. The van der Waals surface area contributed by atoms with Crippen molar-refractivity contribution in [2.24, 2.45) is 0 Å². The highest BCUT2D eigenvalue weighted by molar-refractivity contribution is 5.04. The van der Waals surface area contributed by atoms with E-state index < -0.39 is 11.7 Å². The van der Waals surface area contributed by atoms with E-state index in [1.54, 1.807) is 6.92 Å². The summed E-state index contributed by atoms with van der Waals surface area (Å²) in [5.74, 6) is 0. The van der Waals surface area contributed by atoms with Crippen LogP contribution in [0.3, 0.4) is 0 Å². The molecular formula is C11H23NO2. The Labute approximate surface area is 87.7 Å². The Kier molecular flexibility index (Phi) is 10.2. The second-order valence-corrected chi connectivity index (χ2v) is 2.88. The number of ether oxygens (including phenoxy) is 1. The van der Waals surface area contributed by atoms with Crippen LogP contribution in [-0.2, 0) is 4.74 Å². The topological polar surface area (TPSA) is 53.2 Å². The lowest BCUT2D eigenvalue weighted by Gasteiger charge is -2.26. The van der Waals surface area contributed by atoms with E-state index in [1.807, 2.05) is 33.8 Å². The summed E-state index contributed by atoms with van der Waals surface area (Å²) in [5, 5.41) is 18.5. The maximum atomic E-state index is 9.73. The first-order chi connectivity index (χ1) is 6.60. The van der Waals surface area contributed by atoms with Crippen molar-refractivity contribution in [3.05, 3.63) is 0 Å². The monoisotopic (exact) mass is 201 g/mol. The molecule has 2 unspecified atom stereocenters. The summed E-state index contributed by atoms with van der Waals surface area (Å²) in [5.41, 5.74) is -1.31. The van der Waals surface area contributed by atoms with E-state index in [1.165, 1.54) is 0 Å². The zero-order valence-electron chi connectivity index (χ0n) is 10.0. The van der Waals surface area contributed by atoms with Gasteiger partial charge >= 0.3 is 0 Å². The summed E-state index contributed by atoms with van der Waals surface area (Å²) < 4.78 is 5.18. The predicted octanol–water partition coefficient (Wildman–Crippen LogP) is 2.49. The number of nitrogens with zero attached hydrogens (tertiary/aromatic N) is 1. The second kappa shape index (κ2) is 8.98. The average Bonchev–Trinajstić information content (AvgIpc) is 2.21. The van der Waals surface area contributed by atoms with E-state index in [0.717, 1.165) is 6.42 Å². The van der Waals surface area contributed by atoms with Crippen molar-refractivity contribution in [1.29, 1.82) is 5.26 Å². The fraction of sp³-hybridized carbons (Fsp3) is 0.909. The Hall–Kier alpha value is -0.590. The molecule has 0 bridgehead atoms. The highest BCUT2D eigenvalue weighted by Gasteiger charge is 2.33. The summed E-state index contributed by atoms with van der Waals surface area (Å²) in [6.45, 7) is 10.0. The first-order valence-corrected chi connectivity index (χ1v) is 5.36. The van der Waals surface area contributed by atoms with Crippen molar-refractivity contribution >= 4 is 0 Å². The van der Waals surface area contributed by atoms with E-state index in [4.69, 9.17) is 10.00 Å². The molecule has 3 nitrogen and oxygen atoms in total. The molecule has 0 aliphatic rings. The van der Waals surface area contributed by atoms with Crippen molar-refractivity contribution in [3.63, 3.8) is 0 Å². The molecule has 0 saturated carbocycles. The molecule has 0 aromatic carbocycles. The molecule has 0 radical (unpaired) electrons. The second-order valence-electron chi connectivity index (χ2n) is 2.88. The molecule has 0 rings (SSSR count). The number of rotatable bonds is 5. The lowest BCUT2D eigenvalue weighted by Crippen LogP contribution is -2.40. The Morgan fingerprint density at radius 1 is 1.43 bits per heavy atom. The standard InChI is InChI=1S/C9H17NO2.C2H6/c1-4-6-9(11,7-10)8(3)12-5-2;1-2/h8,11H,4-6H2,1-3H3;1-2H3. The minimum Gasteiger partial charge on any atom is -0.375 e. The van der Waals surface area contributed by atoms with Crippen molar-refractivity contribution < 1.29 is 9.84 Å². The van der Waals surface area contributed by atoms with Gasteiger partial charge in [-0.15, -0.1) is 0 Å². The maximum absolute atomic E-state index is 9.73. The third-order valence-electron chi connectivity index (χ3n) is 1.91. The molecule has 0 aromatic rings. The van der Waals surface area contributed by atoms with Crippen LogP contribution in [0.1, 0.15) is 47.5 Å². The van der Waals surface area contributed by atoms with E-state index in [9.17, 15) is 5.11 Å². The highest BCUT2D eigenvalue weighted by Crippen LogP contribution is 2.18. The van der Waals surface area contributed by atoms with Gasteiger partial charge in [0.2, 0.25) is 0 Å². The summed E-state index contributed by atoms with van der Waals surface area (Å²) in [6, 6.07) is 1.89. The maximum Gasteiger partial charge on any atom is 0.176 e. The van der Waals surface area contributed by atoms with Crippen LogP contribution in [0, 0.1) is 11.3 Å². The van der Waals surface area contributed by atoms with Gasteiger partial charge in [-0.3, -0.25) is 0 Å². The van der Waals surface area contributed by atoms with Crippen LogP contribution in [0.25, 0.3) is 0 Å². The van der Waals surface area contributed by atoms with Crippen molar-refractivity contribution in [2.75, 3.05) is 6.61 Å². The SMILES string of the molecule is CC.CCCC(O)(C#N)C(C)OCC. The van der Waals surface area contributed by atoms with E-state index in [2.05, 4.69) is 0 Å². The van der Waals surface area contributed by atoms with Crippen LogP contribution in [0.2, 0.25) is 0 Å². The molecule has 0 aliphatic carbocycles. The van der Waals surface area contributed by atoms with Crippen molar-refractivity contribution in [2.45, 2.75) is 59.2 Å². The van der Waals surface area contributed by atoms with Crippen LogP contribution in [0.4, 0.5) is 0 Å². The van der Waals surface area contributed by atoms with Crippen molar-refractivity contribution in [1.82, 2.24) is 0 Å². The van der Waals surface area contributed by atoms with Gasteiger partial charge in [-0.2, -0.15) is 5.26 Å². The molecule has 0 heterocycles. The molecular weight excluding hydrogens is 178 g/mol. The molecule has 3 heteroatoms. The Bertz CT molecular complexity index is 165. The molecule has 2 atom stereocenters. The number of hydrogen-bond acceptors (Lipinski definition) is 3. The molecule has 0 spiro atoms. The Morgan fingerprint density at radius 3 is 2.21 bits per heavy atom. The van der Waals surface area contributed by atoms with Gasteiger partial charge in [-0.1, -0.05) is 27.2 Å². The van der Waals surface area contributed by atoms with E-state index in [0.29, 0.717) is 13.0 Å². The van der Waals surface area contributed by atoms with Gasteiger partial charge in [0.1, 0.15) is 6.07 Å². The average molecular weight is 201 g/mol. The van der Waals surface area contributed by atoms with Crippen LogP contribution < -0.4 is 0 Å². The van der Waals surface area contributed by atoms with Crippen LogP contribution >= 0.6 is 0 Å². The first kappa shape index (κ1) is 15.9. The van der Waals surface area contributed by atoms with Crippen LogP contribution in [0.5, 0.6) is 0 Å². The summed E-state index contributed by atoms with van der Waals surface area (Å²) in [4.78, 5) is 0. The molecule has 84 valence electrons. The number of nitriles is 1. The lowest BCUT2D eigenvalue weighted by molar-refractivity contribution is -0.0675. The molecule has 0 fully saturated rings. The fourth-order valence-electron chi connectivity index (χ4n) is 1.12. The quantitative estimate of drug-likeness (QED) is 0.695. The lowest BCUT2D eigenvalue weighted by atomic mass is 9.94. The van der Waals surface area contributed by atoms with Gasteiger partial charge in [0.15, 0.2) is 5.60 Å². The summed E-state index contributed by atoms with van der Waals surface area (Å²) in [7, 11) is 0. The summed E-state index contributed by atoms with van der Waals surface area (Å²) in [6.07, 6.45) is 0.832. The van der Waals surface area contributed by atoms with Gasteiger partial charge in [-0.05, 0) is 20.3 Å². The Morgan fingerprint density at radius 2 is 1.93 bits per heavy atom. The zero-order chi connectivity index (χ0) is 11.6. The van der Waals surface area contributed by atoms with Gasteiger partial charge in [0.25, 0.3) is 0 Å². The molecule has 14 heavy (non-hydrogen) atoms. The van der Waals surface area contributed by atoms with Gasteiger partial charge in [-0.25, -0.2) is 0 Å². The normalized spacial score (nSPS) is 15.8. The van der Waals surface area contributed by atoms with Crippen molar-refractivity contribution in [3.8, 4) is 6.07 Å². The van der Waals surface area contributed by atoms with Gasteiger partial charge < -0.3 is 9.84 Å². The number of hydrogen-bond donors (Lipinski definition) is 1. The third kappa shape index (κ3) is 5.21. The largest absolute Gasteiger partial charge is 0.375 e. The highest BCUT2D eigenvalue weighted by atomic mass is 16.5. The fourth-order valence-corrected chi connectivity index (χ4v) is 1.12. The van der Waals surface area contributed by atoms with Gasteiger partial charge in [0, 0.05) is 6.61 Å².